The van der Waals surface area contributed by atoms with Crippen molar-refractivity contribution in [3.05, 3.63) is 0 Å². The molecule has 0 aliphatic heterocycles. The van der Waals surface area contributed by atoms with Crippen molar-refractivity contribution in [3.8, 4) is 0 Å². The van der Waals surface area contributed by atoms with E-state index in [1.165, 1.54) is 0 Å². The Morgan fingerprint density at radius 1 is 1.64 bits per heavy atom. The molecule has 0 aromatic rings. The van der Waals surface area contributed by atoms with Crippen molar-refractivity contribution < 1.29 is 30.7 Å². The molecule has 1 N–H and O–H groups in total. The molecule has 0 rings (SSSR count). The van der Waals surface area contributed by atoms with Gasteiger partial charge in [-0.25, -0.2) is 0 Å². The number of nitrogens with one attached hydrogen (secondary N) is 1. The monoisotopic (exact) mass is 326 g/mol. The molecule has 0 aliphatic carbocycles. The van der Waals surface area contributed by atoms with Gasteiger partial charge < -0.3 is 10.1 Å². The summed E-state index contributed by atoms with van der Waals surface area (Å²) in [5, 5.41) is 2.50. The molecule has 0 aliphatic rings. The van der Waals surface area contributed by atoms with Crippen molar-refractivity contribution >= 4 is 12.2 Å². The van der Waals surface area contributed by atoms with Gasteiger partial charge in [-0.1, -0.05) is 13.3 Å². The van der Waals surface area contributed by atoms with Gasteiger partial charge in [-0.05, 0) is 0 Å². The average molecular weight is 326 g/mol. The smallest absolute Gasteiger partial charge is 0.542 e. The van der Waals surface area contributed by atoms with E-state index in [9.17, 15) is 9.59 Å². The summed E-state index contributed by atoms with van der Waals surface area (Å²) < 4.78 is 0. The van der Waals surface area contributed by atoms with Gasteiger partial charge in [-0.2, -0.15) is 6.42 Å². The van der Waals surface area contributed by atoms with E-state index in [4.69, 9.17) is 0 Å². The van der Waals surface area contributed by atoms with Crippen LogP contribution in [0, 0.1) is 5.92 Å². The van der Waals surface area contributed by atoms with E-state index >= 15 is 0 Å². The summed E-state index contributed by atoms with van der Waals surface area (Å²) in [5.41, 5.74) is 0. The zero-order valence-corrected chi connectivity index (χ0v) is 9.65. The first-order valence-corrected chi connectivity index (χ1v) is 3.29. The Hall–Kier alpha value is -0.172. The minimum absolute atomic E-state index is 0. The molecule has 0 heterocycles. The van der Waals surface area contributed by atoms with Crippen molar-refractivity contribution in [2.45, 2.75) is 19.8 Å². The summed E-state index contributed by atoms with van der Waals surface area (Å²) in [6.07, 6.45) is 2.68. The number of rotatable bonds is 4. The second-order valence-corrected chi connectivity index (χ2v) is 2.20. The Bertz CT molecular complexity index is 128. The zero-order valence-electron chi connectivity index (χ0n) is 6.72. The van der Waals surface area contributed by atoms with Crippen molar-refractivity contribution in [2.24, 2.45) is 5.92 Å². The van der Waals surface area contributed by atoms with Crippen LogP contribution in [-0.2, 0) is 30.7 Å². The summed E-state index contributed by atoms with van der Waals surface area (Å²) >= 11 is 0. The second-order valence-electron chi connectivity index (χ2n) is 2.20. The van der Waals surface area contributed by atoms with Crippen molar-refractivity contribution in [3.63, 3.8) is 0 Å². The fraction of sp³-hybridized carbons (Fsp3) is 0.714. The molecule has 3 nitrogen and oxygen atoms in total. The summed E-state index contributed by atoms with van der Waals surface area (Å²) in [7, 11) is 1.59. The minimum Gasteiger partial charge on any atom is -0.542 e. The number of hydrogen-bond donors (Lipinski definition) is 1. The molecule has 0 saturated heterocycles. The third-order valence-electron chi connectivity index (χ3n) is 1.37. The number of amides is 1. The van der Waals surface area contributed by atoms with E-state index in [2.05, 4.69) is 5.32 Å². The van der Waals surface area contributed by atoms with Gasteiger partial charge in [0.15, 0.2) is 0 Å². The first-order chi connectivity index (χ1) is 4.72. The van der Waals surface area contributed by atoms with Crippen LogP contribution < -0.4 is 5.32 Å². The van der Waals surface area contributed by atoms with Crippen LogP contribution in [0.4, 0.5) is 0 Å². The van der Waals surface area contributed by atoms with Crippen molar-refractivity contribution in [1.29, 1.82) is 0 Å². The molecule has 11 heavy (non-hydrogen) atoms. The third-order valence-corrected chi connectivity index (χ3v) is 1.37. The Morgan fingerprint density at radius 3 is 2.55 bits per heavy atom. The molecule has 1 amide bonds. The summed E-state index contributed by atoms with van der Waals surface area (Å²) in [6.45, 7) is 1.79. The SMILES string of the molecule is CNC(=O)C(C)CC[C-]=O.[W+2]. The summed E-state index contributed by atoms with van der Waals surface area (Å²) in [6, 6.07) is 0. The molecule has 62 valence electrons. The molecule has 0 radical (unpaired) electrons. The molecule has 1 atom stereocenters. The maximum Gasteiger partial charge on any atom is 2.00 e. The van der Waals surface area contributed by atoms with E-state index in [0.29, 0.717) is 12.8 Å². The van der Waals surface area contributed by atoms with E-state index in [-0.39, 0.29) is 32.9 Å². The van der Waals surface area contributed by atoms with Crippen LogP contribution in [-0.4, -0.2) is 19.2 Å². The van der Waals surface area contributed by atoms with Gasteiger partial charge in [0, 0.05) is 13.0 Å². The first-order valence-electron chi connectivity index (χ1n) is 3.29. The normalized spacial score (nSPS) is 11.1. The van der Waals surface area contributed by atoms with Gasteiger partial charge in [-0.3, -0.25) is 11.1 Å². The number of carbonyl (C=O) groups excluding carboxylic acids is 2. The van der Waals surface area contributed by atoms with Crippen LogP contribution in [0.2, 0.25) is 0 Å². The van der Waals surface area contributed by atoms with Crippen LogP contribution in [0.5, 0.6) is 0 Å². The van der Waals surface area contributed by atoms with E-state index in [1.807, 2.05) is 0 Å². The van der Waals surface area contributed by atoms with Gasteiger partial charge in [-0.15, -0.1) is 0 Å². The molecule has 0 aromatic heterocycles. The topological polar surface area (TPSA) is 46.2 Å². The maximum atomic E-state index is 10.8. The molecule has 0 spiro atoms. The maximum absolute atomic E-state index is 10.8. The molecule has 0 bridgehead atoms. The fourth-order valence-corrected chi connectivity index (χ4v) is 0.653. The standard InChI is InChI=1S/C7H12NO2.W/c1-6(4-3-5-9)7(10)8-2;/h6H,3-4H2,1-2H3,(H,8,10);/q-1;+2. The first kappa shape index (κ1) is 13.4. The van der Waals surface area contributed by atoms with E-state index in [1.54, 1.807) is 20.3 Å². The van der Waals surface area contributed by atoms with Crippen LogP contribution >= 0.6 is 0 Å². The average Bonchev–Trinajstić information content (AvgIpc) is 1.98. The fourth-order valence-electron chi connectivity index (χ4n) is 0.653. The summed E-state index contributed by atoms with van der Waals surface area (Å²) in [4.78, 5) is 20.5. The second kappa shape index (κ2) is 7.93. The molecule has 0 saturated carbocycles. The van der Waals surface area contributed by atoms with Gasteiger partial charge in [0.25, 0.3) is 0 Å². The Kier molecular flexibility index (Phi) is 9.67. The van der Waals surface area contributed by atoms with Gasteiger partial charge in [0.05, 0.1) is 0 Å². The largest absolute Gasteiger partial charge is 2.00 e. The van der Waals surface area contributed by atoms with Crippen LogP contribution in [0.15, 0.2) is 0 Å². The predicted molar refractivity (Wildman–Crippen MR) is 38.2 cm³/mol. The Balaban J connectivity index is 0. The number of carbonyl (C=O) groups is 1. The van der Waals surface area contributed by atoms with Crippen LogP contribution in [0.25, 0.3) is 0 Å². The van der Waals surface area contributed by atoms with Crippen molar-refractivity contribution in [2.75, 3.05) is 7.05 Å². The van der Waals surface area contributed by atoms with Gasteiger partial charge in [0.1, 0.15) is 0 Å². The number of hydrogen-bond acceptors (Lipinski definition) is 2. The van der Waals surface area contributed by atoms with Gasteiger partial charge >= 0.3 is 21.1 Å². The molecule has 4 heteroatoms. The van der Waals surface area contributed by atoms with Crippen LogP contribution in [0.3, 0.4) is 0 Å². The molecule has 0 aromatic carbocycles. The molecule has 0 fully saturated rings. The quantitative estimate of drug-likeness (QED) is 0.753. The van der Waals surface area contributed by atoms with Crippen LogP contribution in [0.1, 0.15) is 19.8 Å². The van der Waals surface area contributed by atoms with E-state index in [0.717, 1.165) is 0 Å². The summed E-state index contributed by atoms with van der Waals surface area (Å²) in [5.74, 6) is -0.0956. The third kappa shape index (κ3) is 6.24. The molecule has 1 unspecified atom stereocenters. The Labute approximate surface area is 81.2 Å². The molecular weight excluding hydrogens is 314 g/mol. The van der Waals surface area contributed by atoms with Gasteiger partial charge in [0.2, 0.25) is 5.91 Å². The predicted octanol–water partition coefficient (Wildman–Crippen LogP) is 0.256. The van der Waals surface area contributed by atoms with E-state index < -0.39 is 0 Å². The molecular formula is C7H12NO2W+. The Morgan fingerprint density at radius 2 is 2.18 bits per heavy atom. The minimum atomic E-state index is -0.0774. The van der Waals surface area contributed by atoms with Crippen molar-refractivity contribution in [1.82, 2.24) is 5.32 Å². The zero-order chi connectivity index (χ0) is 7.98.